The Morgan fingerprint density at radius 2 is 1.93 bits per heavy atom. The maximum Gasteiger partial charge on any atom is 0.311 e. The zero-order chi connectivity index (χ0) is 19.8. The van der Waals surface area contributed by atoms with E-state index in [0.29, 0.717) is 38.9 Å². The highest BCUT2D eigenvalue weighted by atomic mass is 35.5. The normalized spacial score (nSPS) is 15.7. The highest BCUT2D eigenvalue weighted by Gasteiger charge is 2.34. The molecule has 1 aliphatic heterocycles. The highest BCUT2D eigenvalue weighted by Crippen LogP contribution is 2.40. The third-order valence-electron chi connectivity index (χ3n) is 4.34. The first-order chi connectivity index (χ1) is 12.7. The number of aliphatic carboxylic acids is 1. The van der Waals surface area contributed by atoms with Gasteiger partial charge in [-0.15, -0.1) is 0 Å². The number of sulfone groups is 1. The molecule has 27 heavy (non-hydrogen) atoms. The lowest BCUT2D eigenvalue weighted by atomic mass is 9.92. The smallest absolute Gasteiger partial charge is 0.311 e. The molecule has 0 spiro atoms. The molecule has 1 aliphatic rings. The molecule has 0 aliphatic carbocycles. The monoisotopic (exact) mass is 426 g/mol. The Morgan fingerprint density at radius 1 is 1.19 bits per heavy atom. The summed E-state index contributed by atoms with van der Waals surface area (Å²) in [4.78, 5) is 11.5. The van der Waals surface area contributed by atoms with E-state index in [0.717, 1.165) is 5.41 Å². The van der Waals surface area contributed by atoms with E-state index < -0.39 is 21.7 Å². The van der Waals surface area contributed by atoms with E-state index in [-0.39, 0.29) is 11.5 Å². The van der Waals surface area contributed by atoms with E-state index in [4.69, 9.17) is 27.9 Å². The fourth-order valence-electron chi connectivity index (χ4n) is 2.96. The lowest BCUT2D eigenvalue weighted by Gasteiger charge is -2.13. The van der Waals surface area contributed by atoms with Crippen molar-refractivity contribution in [2.24, 2.45) is 5.92 Å². The van der Waals surface area contributed by atoms with Gasteiger partial charge in [-0.05, 0) is 47.9 Å². The van der Waals surface area contributed by atoms with E-state index in [2.05, 4.69) is 0 Å². The SMILES string of the molecule is CCC(C(=O)O)C1=CS(=O)(=O)c2cc(OCc3ccc(Cl)cc3Cl)ccc21. The van der Waals surface area contributed by atoms with Crippen LogP contribution in [0, 0.1) is 5.92 Å². The van der Waals surface area contributed by atoms with Crippen molar-refractivity contribution in [2.75, 3.05) is 0 Å². The molecule has 3 rings (SSSR count). The molecule has 0 aromatic heterocycles. The van der Waals surface area contributed by atoms with Crippen LogP contribution in [0.5, 0.6) is 5.75 Å². The molecule has 1 heterocycles. The van der Waals surface area contributed by atoms with Crippen molar-refractivity contribution in [3.8, 4) is 5.75 Å². The van der Waals surface area contributed by atoms with Crippen molar-refractivity contribution in [3.63, 3.8) is 0 Å². The number of halogens is 2. The molecule has 1 atom stereocenters. The topological polar surface area (TPSA) is 80.7 Å². The summed E-state index contributed by atoms with van der Waals surface area (Å²) in [5, 5.41) is 11.4. The average molecular weight is 427 g/mol. The number of fused-ring (bicyclic) bond motifs is 1. The Morgan fingerprint density at radius 3 is 2.56 bits per heavy atom. The van der Waals surface area contributed by atoms with Crippen molar-refractivity contribution in [2.45, 2.75) is 24.8 Å². The van der Waals surface area contributed by atoms with E-state index >= 15 is 0 Å². The molecule has 8 heteroatoms. The number of hydrogen-bond acceptors (Lipinski definition) is 4. The summed E-state index contributed by atoms with van der Waals surface area (Å²) in [6.07, 6.45) is 0.295. The first-order valence-electron chi connectivity index (χ1n) is 8.13. The quantitative estimate of drug-likeness (QED) is 0.716. The largest absolute Gasteiger partial charge is 0.489 e. The van der Waals surface area contributed by atoms with Crippen LogP contribution in [-0.4, -0.2) is 19.5 Å². The number of hydrogen-bond donors (Lipinski definition) is 1. The van der Waals surface area contributed by atoms with Gasteiger partial charge >= 0.3 is 5.97 Å². The Kier molecular flexibility index (Phi) is 5.51. The van der Waals surface area contributed by atoms with Crippen LogP contribution in [0.4, 0.5) is 0 Å². The predicted molar refractivity (Wildman–Crippen MR) is 104 cm³/mol. The summed E-state index contributed by atoms with van der Waals surface area (Å²) in [6.45, 7) is 1.85. The summed E-state index contributed by atoms with van der Waals surface area (Å²) in [7, 11) is -3.71. The number of carboxylic acids is 1. The minimum Gasteiger partial charge on any atom is -0.489 e. The van der Waals surface area contributed by atoms with Crippen LogP contribution in [0.3, 0.4) is 0 Å². The zero-order valence-corrected chi connectivity index (χ0v) is 16.6. The van der Waals surface area contributed by atoms with E-state index in [1.54, 1.807) is 37.3 Å². The van der Waals surface area contributed by atoms with Crippen molar-refractivity contribution in [3.05, 3.63) is 63.0 Å². The molecule has 0 saturated heterocycles. The fourth-order valence-corrected chi connectivity index (χ4v) is 4.95. The van der Waals surface area contributed by atoms with Crippen LogP contribution in [0.15, 0.2) is 46.7 Å². The number of carboxylic acid groups (broad SMARTS) is 1. The third kappa shape index (κ3) is 3.98. The van der Waals surface area contributed by atoms with E-state index in [1.807, 2.05) is 0 Å². The van der Waals surface area contributed by atoms with Gasteiger partial charge in [-0.25, -0.2) is 8.42 Å². The van der Waals surface area contributed by atoms with Crippen LogP contribution in [0.2, 0.25) is 10.0 Å². The third-order valence-corrected chi connectivity index (χ3v) is 6.45. The van der Waals surface area contributed by atoms with Crippen LogP contribution >= 0.6 is 23.2 Å². The number of rotatable bonds is 6. The first kappa shape index (κ1) is 19.7. The minimum atomic E-state index is -3.71. The maximum atomic E-state index is 12.5. The lowest BCUT2D eigenvalue weighted by molar-refractivity contribution is -0.139. The minimum absolute atomic E-state index is 0.0527. The lowest BCUT2D eigenvalue weighted by Crippen LogP contribution is -2.13. The first-order valence-corrected chi connectivity index (χ1v) is 10.4. The molecule has 142 valence electrons. The molecule has 5 nitrogen and oxygen atoms in total. The predicted octanol–water partition coefficient (Wildman–Crippen LogP) is 4.81. The molecule has 0 amide bonds. The second-order valence-electron chi connectivity index (χ2n) is 6.10. The highest BCUT2D eigenvalue weighted by molar-refractivity contribution is 7.95. The molecular formula is C19H16Cl2O5S. The standard InChI is InChI=1S/C19H16Cl2O5S/c1-2-14(19(22)23)16-10-27(24,25)18-8-13(5-6-15(16)18)26-9-11-3-4-12(20)7-17(11)21/h3-8,10,14H,2,9H2,1H3,(H,22,23). The summed E-state index contributed by atoms with van der Waals surface area (Å²) in [6, 6.07) is 9.62. The molecule has 1 N–H and O–H groups in total. The summed E-state index contributed by atoms with van der Waals surface area (Å²) < 4.78 is 30.6. The van der Waals surface area contributed by atoms with Crippen LogP contribution in [0.1, 0.15) is 24.5 Å². The molecule has 0 fully saturated rings. The molecule has 0 saturated carbocycles. The van der Waals surface area contributed by atoms with Gasteiger partial charge in [-0.1, -0.05) is 36.2 Å². The molecule has 2 aromatic rings. The van der Waals surface area contributed by atoms with Gasteiger partial charge in [0.05, 0.1) is 10.8 Å². The van der Waals surface area contributed by atoms with Gasteiger partial charge in [-0.2, -0.15) is 0 Å². The van der Waals surface area contributed by atoms with Crippen LogP contribution in [0.25, 0.3) is 5.57 Å². The molecule has 2 aromatic carbocycles. The van der Waals surface area contributed by atoms with Gasteiger partial charge in [-0.3, -0.25) is 4.79 Å². The molecule has 0 bridgehead atoms. The Labute approximate surface area is 167 Å². The summed E-state index contributed by atoms with van der Waals surface area (Å²) in [5.74, 6) is -1.58. The Bertz CT molecular complexity index is 1040. The Hall–Kier alpha value is -2.02. The number of ether oxygens (including phenoxy) is 1. The van der Waals surface area contributed by atoms with Gasteiger partial charge in [0.25, 0.3) is 0 Å². The molecular weight excluding hydrogens is 411 g/mol. The van der Waals surface area contributed by atoms with Gasteiger partial charge in [0, 0.05) is 21.0 Å². The van der Waals surface area contributed by atoms with Gasteiger partial charge in [0.2, 0.25) is 9.84 Å². The van der Waals surface area contributed by atoms with Gasteiger partial charge in [0.1, 0.15) is 12.4 Å². The molecule has 1 unspecified atom stereocenters. The number of carbonyl (C=O) groups is 1. The summed E-state index contributed by atoms with van der Waals surface area (Å²) in [5.41, 5.74) is 1.41. The number of benzene rings is 2. The van der Waals surface area contributed by atoms with Crippen molar-refractivity contribution >= 4 is 44.6 Å². The van der Waals surface area contributed by atoms with Crippen molar-refractivity contribution < 1.29 is 23.1 Å². The van der Waals surface area contributed by atoms with Crippen molar-refractivity contribution in [1.29, 1.82) is 0 Å². The maximum absolute atomic E-state index is 12.5. The van der Waals surface area contributed by atoms with Crippen molar-refractivity contribution in [1.82, 2.24) is 0 Å². The van der Waals surface area contributed by atoms with Gasteiger partial charge in [0.15, 0.2) is 0 Å². The fraction of sp³-hybridized carbons (Fsp3) is 0.211. The van der Waals surface area contributed by atoms with E-state index in [9.17, 15) is 18.3 Å². The average Bonchev–Trinajstić information content (AvgIpc) is 2.85. The zero-order valence-electron chi connectivity index (χ0n) is 14.3. The molecule has 0 radical (unpaired) electrons. The van der Waals surface area contributed by atoms with Gasteiger partial charge < -0.3 is 9.84 Å². The van der Waals surface area contributed by atoms with E-state index in [1.165, 1.54) is 6.07 Å². The second-order valence-corrected chi connectivity index (χ2v) is 8.71. The second kappa shape index (κ2) is 7.54. The van der Waals surface area contributed by atoms with Crippen LogP contribution in [-0.2, 0) is 21.2 Å². The summed E-state index contributed by atoms with van der Waals surface area (Å²) >= 11 is 12.0. The Balaban J connectivity index is 1.88. The van der Waals surface area contributed by atoms with Crippen LogP contribution < -0.4 is 4.74 Å².